The average Bonchev–Trinajstić information content (AvgIpc) is 3.17. The van der Waals surface area contributed by atoms with Crippen molar-refractivity contribution < 1.29 is 27.3 Å². The van der Waals surface area contributed by atoms with Gasteiger partial charge in [-0.15, -0.1) is 0 Å². The Hall–Kier alpha value is -2.65. The number of rotatable bonds is 8. The van der Waals surface area contributed by atoms with Crippen LogP contribution in [0.5, 0.6) is 0 Å². The first-order valence-corrected chi connectivity index (χ1v) is 10.9. The fourth-order valence-electron chi connectivity index (χ4n) is 2.66. The van der Waals surface area contributed by atoms with Crippen LogP contribution < -0.4 is 15.5 Å². The van der Waals surface area contributed by atoms with Crippen LogP contribution in [0.4, 0.5) is 0 Å². The molecule has 8 nitrogen and oxygen atoms in total. The fourth-order valence-corrected chi connectivity index (χ4v) is 4.33. The van der Waals surface area contributed by atoms with Crippen LogP contribution in [-0.2, 0) is 19.4 Å². The number of quaternary nitrogens is 1. The molecular formula is C20H28N3O5S+. The second-order valence-corrected chi connectivity index (χ2v) is 9.35. The number of likely N-dealkylation sites (N-methyl/N-ethyl adjacent to an activating group) is 1. The van der Waals surface area contributed by atoms with Crippen LogP contribution in [0.25, 0.3) is 0 Å². The molecular weight excluding hydrogens is 394 g/mol. The lowest BCUT2D eigenvalue weighted by Gasteiger charge is -2.17. The van der Waals surface area contributed by atoms with Gasteiger partial charge in [-0.3, -0.25) is 9.59 Å². The number of hydrogen-bond acceptors (Lipinski definition) is 5. The first kappa shape index (κ1) is 22.6. The zero-order valence-electron chi connectivity index (χ0n) is 17.1. The molecule has 2 rings (SSSR count). The first-order chi connectivity index (χ1) is 13.6. The van der Waals surface area contributed by atoms with Gasteiger partial charge in [0.05, 0.1) is 38.3 Å². The molecule has 0 saturated heterocycles. The molecule has 29 heavy (non-hydrogen) atoms. The van der Waals surface area contributed by atoms with Crippen molar-refractivity contribution in [1.29, 1.82) is 0 Å². The summed E-state index contributed by atoms with van der Waals surface area (Å²) in [7, 11) is 0.000455. The van der Waals surface area contributed by atoms with Gasteiger partial charge in [0, 0.05) is 6.54 Å². The smallest absolute Gasteiger partial charge is 0.309 e. The highest BCUT2D eigenvalue weighted by molar-refractivity contribution is 7.91. The van der Waals surface area contributed by atoms with Gasteiger partial charge >= 0.3 is 11.8 Å². The third kappa shape index (κ3) is 5.91. The molecule has 0 aliphatic heterocycles. The van der Waals surface area contributed by atoms with Crippen molar-refractivity contribution in [1.82, 2.24) is 10.6 Å². The van der Waals surface area contributed by atoms with Crippen molar-refractivity contribution in [3.05, 3.63) is 53.5 Å². The molecule has 1 aromatic heterocycles. The molecule has 0 fully saturated rings. The van der Waals surface area contributed by atoms with E-state index >= 15 is 0 Å². The van der Waals surface area contributed by atoms with Crippen molar-refractivity contribution in [2.24, 2.45) is 0 Å². The minimum absolute atomic E-state index is 0.134. The van der Waals surface area contributed by atoms with Crippen LogP contribution in [-0.4, -0.2) is 54.0 Å². The van der Waals surface area contributed by atoms with Gasteiger partial charge in [-0.2, -0.15) is 0 Å². The second-order valence-electron chi connectivity index (χ2n) is 7.22. The Labute approximate surface area is 171 Å². The molecule has 0 saturated carbocycles. The van der Waals surface area contributed by atoms with E-state index in [9.17, 15) is 18.0 Å². The Morgan fingerprint density at radius 3 is 2.34 bits per heavy atom. The Balaban J connectivity index is 2.16. The summed E-state index contributed by atoms with van der Waals surface area (Å²) in [6.07, 6.45) is 1.37. The molecule has 0 aliphatic carbocycles. The number of aryl methyl sites for hydroxylation is 2. The predicted molar refractivity (Wildman–Crippen MR) is 108 cm³/mol. The molecule has 3 N–H and O–H groups in total. The van der Waals surface area contributed by atoms with Gasteiger partial charge < -0.3 is 20.0 Å². The van der Waals surface area contributed by atoms with Gasteiger partial charge in [0.1, 0.15) is 11.0 Å². The molecule has 0 spiro atoms. The number of carbonyl (C=O) groups excluding carboxylic acids is 2. The summed E-state index contributed by atoms with van der Waals surface area (Å²) in [4.78, 5) is 25.3. The van der Waals surface area contributed by atoms with Crippen molar-refractivity contribution >= 4 is 21.7 Å². The van der Waals surface area contributed by atoms with Gasteiger partial charge in [-0.05, 0) is 49.2 Å². The minimum Gasteiger partial charge on any atom is -0.468 e. The summed E-state index contributed by atoms with van der Waals surface area (Å²) in [5.41, 5.74) is 1.82. The van der Waals surface area contributed by atoms with Gasteiger partial charge in [0.2, 0.25) is 0 Å². The molecule has 1 atom stereocenters. The van der Waals surface area contributed by atoms with E-state index in [0.29, 0.717) is 13.1 Å². The van der Waals surface area contributed by atoms with Crippen LogP contribution in [0.2, 0.25) is 0 Å². The normalized spacial score (nSPS) is 12.6. The third-order valence-electron chi connectivity index (χ3n) is 4.61. The van der Waals surface area contributed by atoms with Crippen molar-refractivity contribution in [3.8, 4) is 0 Å². The van der Waals surface area contributed by atoms with Crippen LogP contribution in [0.15, 0.2) is 45.9 Å². The highest BCUT2D eigenvalue weighted by Crippen LogP contribution is 2.29. The Morgan fingerprint density at radius 2 is 1.76 bits per heavy atom. The van der Waals surface area contributed by atoms with Crippen LogP contribution in [0.3, 0.4) is 0 Å². The molecule has 0 unspecified atom stereocenters. The van der Waals surface area contributed by atoms with E-state index in [4.69, 9.17) is 4.42 Å². The maximum atomic E-state index is 13.2. The highest BCUT2D eigenvalue weighted by atomic mass is 32.2. The minimum atomic E-state index is -3.86. The van der Waals surface area contributed by atoms with E-state index in [1.54, 1.807) is 18.2 Å². The number of carbonyl (C=O) groups is 2. The van der Waals surface area contributed by atoms with Gasteiger partial charge in [0.25, 0.3) is 0 Å². The molecule has 0 bridgehead atoms. The molecule has 2 aromatic rings. The number of sulfone groups is 1. The average molecular weight is 423 g/mol. The summed E-state index contributed by atoms with van der Waals surface area (Å²) in [5.74, 6) is -1.49. The summed E-state index contributed by atoms with van der Waals surface area (Å²) in [6, 6.07) is 7.98. The van der Waals surface area contributed by atoms with Crippen molar-refractivity contribution in [2.75, 3.05) is 33.7 Å². The maximum Gasteiger partial charge on any atom is 0.309 e. The lowest BCUT2D eigenvalue weighted by molar-refractivity contribution is -0.856. The van der Waals surface area contributed by atoms with Crippen molar-refractivity contribution in [2.45, 2.75) is 24.0 Å². The Bertz CT molecular complexity index is 953. The van der Waals surface area contributed by atoms with Gasteiger partial charge in [-0.1, -0.05) is 6.07 Å². The topological polar surface area (TPSA) is 110 Å². The van der Waals surface area contributed by atoms with Gasteiger partial charge in [0.15, 0.2) is 9.84 Å². The number of benzene rings is 1. The Kier molecular flexibility index (Phi) is 7.58. The lowest BCUT2D eigenvalue weighted by atomic mass is 10.1. The SMILES string of the molecule is Cc1ccc(S(=O)(=O)[C@H](CNC(=O)C(=O)NCC[NH+](C)C)c2ccco2)cc1C. The molecule has 1 heterocycles. The molecule has 0 radical (unpaired) electrons. The van der Waals surface area contributed by atoms with E-state index in [1.165, 1.54) is 18.4 Å². The van der Waals surface area contributed by atoms with Crippen molar-refractivity contribution in [3.63, 3.8) is 0 Å². The van der Waals surface area contributed by atoms with E-state index in [2.05, 4.69) is 10.6 Å². The van der Waals surface area contributed by atoms with Crippen LogP contribution >= 0.6 is 0 Å². The standard InChI is InChI=1S/C20H27N3O5S/c1-14-7-8-16(12-15(14)2)29(26,27)18(17-6-5-11-28-17)13-22-20(25)19(24)21-9-10-23(3)4/h5-8,11-12,18H,9-10,13H2,1-4H3,(H,21,24)(H,22,25)/p+1/t18-/m1/s1. The zero-order chi connectivity index (χ0) is 21.6. The molecule has 9 heteroatoms. The van der Waals surface area contributed by atoms with E-state index in [1.807, 2.05) is 27.9 Å². The quantitative estimate of drug-likeness (QED) is 0.510. The maximum absolute atomic E-state index is 13.2. The summed E-state index contributed by atoms with van der Waals surface area (Å²) in [5, 5.41) is 3.78. The molecule has 2 amide bonds. The summed E-state index contributed by atoms with van der Waals surface area (Å²) < 4.78 is 31.7. The van der Waals surface area contributed by atoms with Crippen LogP contribution in [0, 0.1) is 13.8 Å². The first-order valence-electron chi connectivity index (χ1n) is 9.32. The molecule has 0 aliphatic rings. The summed E-state index contributed by atoms with van der Waals surface area (Å²) >= 11 is 0. The second kappa shape index (κ2) is 9.71. The molecule has 158 valence electrons. The number of nitrogens with one attached hydrogen (secondary N) is 3. The fraction of sp³-hybridized carbons (Fsp3) is 0.400. The van der Waals surface area contributed by atoms with E-state index in [-0.39, 0.29) is 17.2 Å². The zero-order valence-corrected chi connectivity index (χ0v) is 17.9. The number of hydrogen-bond donors (Lipinski definition) is 3. The van der Waals surface area contributed by atoms with Crippen LogP contribution in [0.1, 0.15) is 22.1 Å². The summed E-state index contributed by atoms with van der Waals surface area (Å²) in [6.45, 7) is 4.45. The predicted octanol–water partition coefficient (Wildman–Crippen LogP) is -0.212. The third-order valence-corrected chi connectivity index (χ3v) is 6.67. The number of amides is 2. The lowest BCUT2D eigenvalue weighted by Crippen LogP contribution is -3.06. The van der Waals surface area contributed by atoms with E-state index in [0.717, 1.165) is 16.0 Å². The van der Waals surface area contributed by atoms with Gasteiger partial charge in [-0.25, -0.2) is 8.42 Å². The monoisotopic (exact) mass is 422 g/mol. The molecule has 1 aromatic carbocycles. The number of furan rings is 1. The largest absolute Gasteiger partial charge is 0.468 e. The highest BCUT2D eigenvalue weighted by Gasteiger charge is 2.32. The van der Waals surface area contributed by atoms with E-state index < -0.39 is 26.9 Å². The Morgan fingerprint density at radius 1 is 1.07 bits per heavy atom.